The number of nitrogens with zero attached hydrogens (tertiary/aromatic N) is 2. The van der Waals surface area contributed by atoms with Crippen LogP contribution < -0.4 is 0 Å². The topological polar surface area (TPSA) is 53.2 Å². The lowest BCUT2D eigenvalue weighted by Gasteiger charge is -2.15. The minimum atomic E-state index is -1.27. The molecule has 1 fully saturated rings. The van der Waals surface area contributed by atoms with Gasteiger partial charge in [-0.3, -0.25) is 0 Å². The number of rotatable bonds is 5. The molecule has 0 heterocycles. The van der Waals surface area contributed by atoms with Gasteiger partial charge in [0.15, 0.2) is 0 Å². The molecular weight excluding hydrogens is 280 g/mol. The molecule has 1 unspecified atom stereocenters. The van der Waals surface area contributed by atoms with Gasteiger partial charge in [0.2, 0.25) is 0 Å². The van der Waals surface area contributed by atoms with Crippen LogP contribution in [0.2, 0.25) is 0 Å². The quantitative estimate of drug-likeness (QED) is 0.772. The Bertz CT molecular complexity index is 604. The first-order valence-corrected chi connectivity index (χ1v) is 8.51. The molecule has 0 aliphatic heterocycles. The van der Waals surface area contributed by atoms with Crippen LogP contribution in [0.5, 0.6) is 0 Å². The van der Waals surface area contributed by atoms with Crippen LogP contribution in [0.25, 0.3) is 0 Å². The van der Waals surface area contributed by atoms with Crippen LogP contribution in [0.4, 0.5) is 0 Å². The Labute approximate surface area is 129 Å². The molecule has 1 atom stereocenters. The van der Waals surface area contributed by atoms with Gasteiger partial charge in [-0.1, -0.05) is 25.0 Å². The summed E-state index contributed by atoms with van der Waals surface area (Å²) >= 11 is 0. The zero-order valence-corrected chi connectivity index (χ0v) is 13.7. The second-order valence-electron chi connectivity index (χ2n) is 6.57. The van der Waals surface area contributed by atoms with Crippen LogP contribution in [-0.4, -0.2) is 14.7 Å². The second-order valence-corrected chi connectivity index (χ2v) is 8.48. The molecule has 4 heteroatoms. The minimum Gasteiger partial charge on any atom is -0.234 e. The van der Waals surface area contributed by atoms with E-state index in [1.165, 1.54) is 12.8 Å². The number of hydrogen-bond donors (Lipinski definition) is 0. The number of benzene rings is 1. The molecule has 1 aliphatic rings. The molecule has 21 heavy (non-hydrogen) atoms. The Morgan fingerprint density at radius 1 is 1.43 bits per heavy atom. The highest BCUT2D eigenvalue weighted by molar-refractivity contribution is 7.85. The highest BCUT2D eigenvalue weighted by atomic mass is 32.2. The van der Waals surface area contributed by atoms with E-state index in [0.717, 1.165) is 30.0 Å². The molecule has 0 aromatic heterocycles. The number of hydrogen-bond acceptors (Lipinski definition) is 2. The Balaban J connectivity index is 2.27. The zero-order chi connectivity index (χ0) is 15.5. The minimum absolute atomic E-state index is 0.363. The lowest BCUT2D eigenvalue weighted by Crippen LogP contribution is -2.21. The lowest BCUT2D eigenvalue weighted by atomic mass is 10.0. The Hall–Kier alpha value is -1.47. The van der Waals surface area contributed by atoms with E-state index in [4.69, 9.17) is 5.26 Å². The van der Waals surface area contributed by atoms with E-state index in [2.05, 4.69) is 10.5 Å². The van der Waals surface area contributed by atoms with Gasteiger partial charge in [0, 0.05) is 0 Å². The summed E-state index contributed by atoms with van der Waals surface area (Å²) in [6.45, 7) is 5.78. The molecule has 112 valence electrons. The molecule has 3 nitrogen and oxygen atoms in total. The normalized spacial score (nSPS) is 17.3. The summed E-state index contributed by atoms with van der Waals surface area (Å²) in [5.74, 6) is 0.803. The molecule has 0 amide bonds. The maximum atomic E-state index is 12.3. The lowest BCUT2D eigenvalue weighted by molar-refractivity contribution is 0.650. The van der Waals surface area contributed by atoms with Gasteiger partial charge in [0.1, 0.15) is 11.0 Å². The smallest absolute Gasteiger partial charge is 0.145 e. The second kappa shape index (κ2) is 6.53. The third-order valence-electron chi connectivity index (χ3n) is 3.53. The fourth-order valence-corrected chi connectivity index (χ4v) is 2.67. The number of nitriles is 1. The van der Waals surface area contributed by atoms with Crippen molar-refractivity contribution in [3.63, 3.8) is 0 Å². The summed E-state index contributed by atoms with van der Waals surface area (Å²) in [4.78, 5) is 0. The van der Waals surface area contributed by atoms with E-state index in [9.17, 15) is 4.21 Å². The Kier molecular flexibility index (Phi) is 4.95. The van der Waals surface area contributed by atoms with E-state index < -0.39 is 11.0 Å². The van der Waals surface area contributed by atoms with Gasteiger partial charge in [0.05, 0.1) is 22.1 Å². The highest BCUT2D eigenvalue weighted by Gasteiger charge is 2.24. The van der Waals surface area contributed by atoms with Crippen LogP contribution in [0, 0.1) is 17.2 Å². The van der Waals surface area contributed by atoms with E-state index in [0.29, 0.717) is 5.56 Å². The molecule has 0 bridgehead atoms. The van der Waals surface area contributed by atoms with Crippen molar-refractivity contribution in [1.82, 2.24) is 0 Å². The molecule has 0 N–H and O–H groups in total. The molecule has 0 spiro atoms. The van der Waals surface area contributed by atoms with Crippen molar-refractivity contribution in [2.24, 2.45) is 10.3 Å². The SMILES string of the molecule is CC(C)(C)S(=O)/N=C(\CCC1CC1)c1cccc(C#N)c1. The molecule has 2 rings (SSSR count). The van der Waals surface area contributed by atoms with E-state index in [1.807, 2.05) is 39.0 Å². The summed E-state index contributed by atoms with van der Waals surface area (Å²) in [7, 11) is -1.27. The molecule has 1 aromatic carbocycles. The van der Waals surface area contributed by atoms with Crippen molar-refractivity contribution in [1.29, 1.82) is 5.26 Å². The first-order chi connectivity index (χ1) is 9.90. The van der Waals surface area contributed by atoms with Crippen molar-refractivity contribution >= 4 is 16.7 Å². The van der Waals surface area contributed by atoms with Gasteiger partial charge in [0.25, 0.3) is 0 Å². The summed E-state index contributed by atoms with van der Waals surface area (Å²) in [5, 5.41) is 9.03. The van der Waals surface area contributed by atoms with E-state index >= 15 is 0 Å². The monoisotopic (exact) mass is 302 g/mol. The molecule has 0 radical (unpaired) electrons. The van der Waals surface area contributed by atoms with Crippen LogP contribution >= 0.6 is 0 Å². The summed E-state index contributed by atoms with van der Waals surface area (Å²) in [5.41, 5.74) is 2.41. The predicted octanol–water partition coefficient (Wildman–Crippen LogP) is 4.00. The van der Waals surface area contributed by atoms with Crippen molar-refractivity contribution in [3.8, 4) is 6.07 Å². The van der Waals surface area contributed by atoms with Crippen molar-refractivity contribution in [2.45, 2.75) is 51.2 Å². The van der Waals surface area contributed by atoms with Crippen LogP contribution in [0.1, 0.15) is 57.6 Å². The third kappa shape index (κ3) is 4.78. The van der Waals surface area contributed by atoms with Gasteiger partial charge in [-0.05, 0) is 57.2 Å². The largest absolute Gasteiger partial charge is 0.234 e. The fraction of sp³-hybridized carbons (Fsp3) is 0.529. The standard InChI is InChI=1S/C17H22N2OS/c1-17(2,3)21(20)19-16(10-9-13-7-8-13)15-6-4-5-14(11-15)12-18/h4-6,11,13H,7-10H2,1-3H3/b19-16+. The summed E-state index contributed by atoms with van der Waals surface area (Å²) < 4.78 is 16.4. The average molecular weight is 302 g/mol. The maximum absolute atomic E-state index is 12.3. The molecule has 1 saturated carbocycles. The van der Waals surface area contributed by atoms with Gasteiger partial charge in [-0.2, -0.15) is 9.66 Å². The van der Waals surface area contributed by atoms with Gasteiger partial charge in [-0.15, -0.1) is 0 Å². The molecule has 0 saturated heterocycles. The first-order valence-electron chi connectivity index (χ1n) is 7.40. The van der Waals surface area contributed by atoms with Crippen LogP contribution in [-0.2, 0) is 11.0 Å². The average Bonchev–Trinajstić information content (AvgIpc) is 3.26. The summed E-state index contributed by atoms with van der Waals surface area (Å²) in [6.07, 6.45) is 4.53. The Morgan fingerprint density at radius 3 is 2.71 bits per heavy atom. The third-order valence-corrected chi connectivity index (χ3v) is 4.96. The van der Waals surface area contributed by atoms with Crippen molar-refractivity contribution in [2.75, 3.05) is 0 Å². The predicted molar refractivity (Wildman–Crippen MR) is 87.5 cm³/mol. The fourth-order valence-electron chi connectivity index (χ4n) is 2.00. The van der Waals surface area contributed by atoms with Crippen LogP contribution in [0.3, 0.4) is 0 Å². The van der Waals surface area contributed by atoms with Crippen molar-refractivity contribution in [3.05, 3.63) is 35.4 Å². The van der Waals surface area contributed by atoms with Gasteiger partial charge in [-0.25, -0.2) is 4.21 Å². The first kappa shape index (κ1) is 15.9. The van der Waals surface area contributed by atoms with Gasteiger partial charge >= 0.3 is 0 Å². The van der Waals surface area contributed by atoms with Gasteiger partial charge < -0.3 is 0 Å². The maximum Gasteiger partial charge on any atom is 0.145 e. The highest BCUT2D eigenvalue weighted by Crippen LogP contribution is 2.34. The van der Waals surface area contributed by atoms with Crippen molar-refractivity contribution < 1.29 is 4.21 Å². The van der Waals surface area contributed by atoms with E-state index in [-0.39, 0.29) is 4.75 Å². The Morgan fingerprint density at radius 2 is 2.14 bits per heavy atom. The zero-order valence-electron chi connectivity index (χ0n) is 12.9. The summed E-state index contributed by atoms with van der Waals surface area (Å²) in [6, 6.07) is 9.58. The van der Waals surface area contributed by atoms with E-state index in [1.54, 1.807) is 6.07 Å². The molecule has 1 aromatic rings. The van der Waals surface area contributed by atoms with Crippen LogP contribution in [0.15, 0.2) is 28.7 Å². The molecular formula is C17H22N2OS. The molecule has 1 aliphatic carbocycles.